The summed E-state index contributed by atoms with van der Waals surface area (Å²) in [4.78, 5) is 31.9. The second kappa shape index (κ2) is 29.6. The van der Waals surface area contributed by atoms with Gasteiger partial charge in [-0.3, -0.25) is 0 Å². The van der Waals surface area contributed by atoms with Gasteiger partial charge in [0.1, 0.15) is 40.0 Å². The standard InChI is InChI=1S/C16H17N4O.C16H17N3O2.3C15H14N3O2.C15H14N3OS/c1-10-6-7-12-13-16(19(4)11(2)17-13)21-15(12)14(10)20-9-5-8-18(20)3;1-9-5-6-12-13-16(20-10(2)17-13)21-15(12)14(9)19-8-7-18(4)11(19)3;1-9-5-6-11-12-15(19-10(2)16-12)20-14(11)13(9)18-8-4-7-17(18)3;1-9-5-6-11-13(12(9)18-8-4-7-17(18)3)20-15-14(11)19-10(2)16-15;1-9-7-11-13(20-15-14(11)16-10(2)19-15)8-12(9)18-6-4-5-17(18)3;1-9-5-6-11-12-15(19-10(2)16-12)20-14(11)13(9)18-8-4-7-17(18)3/h5-9H,1-4H3;5-8,11H,1-4H3;4*4-8H,1-3H3/q+1;;4*+1/t;11-;;;;/m.0..../s1. The second-order valence-electron chi connectivity index (χ2n) is 31.0. The summed E-state index contributed by atoms with van der Waals surface area (Å²) < 4.78 is 81.3. The van der Waals surface area contributed by atoms with Crippen molar-refractivity contribution in [1.82, 2.24) is 62.8 Å². The number of aromatic nitrogens is 17. The molecule has 0 saturated carbocycles. The van der Waals surface area contributed by atoms with Gasteiger partial charge in [0.05, 0.1) is 68.3 Å². The molecule has 0 unspecified atom stereocenters. The Balaban J connectivity index is 0.0000000964. The minimum absolute atomic E-state index is 0.250. The Morgan fingerprint density at radius 1 is 0.344 bits per heavy atom. The van der Waals surface area contributed by atoms with Gasteiger partial charge in [-0.2, -0.15) is 4.98 Å². The predicted octanol–water partition coefficient (Wildman–Crippen LogP) is 18.0. The summed E-state index contributed by atoms with van der Waals surface area (Å²) in [5.74, 6) is 5.65. The zero-order valence-corrected chi connectivity index (χ0v) is 72.1. The molecule has 122 heavy (non-hydrogen) atoms. The molecule has 1 aliphatic rings. The molecule has 0 amide bonds. The molecule has 23 aromatic rings. The van der Waals surface area contributed by atoms with Crippen molar-refractivity contribution in [2.45, 2.75) is 96.2 Å². The van der Waals surface area contributed by atoms with Crippen LogP contribution in [0.4, 0.5) is 5.69 Å². The lowest BCUT2D eigenvalue weighted by Crippen LogP contribution is -2.37. The van der Waals surface area contributed by atoms with Crippen LogP contribution >= 0.6 is 11.3 Å². The highest BCUT2D eigenvalue weighted by Crippen LogP contribution is 2.43. The molecule has 29 nitrogen and oxygen atoms in total. The van der Waals surface area contributed by atoms with Gasteiger partial charge in [-0.1, -0.05) is 47.7 Å². The second-order valence-corrected chi connectivity index (χ2v) is 32.0. The van der Waals surface area contributed by atoms with Gasteiger partial charge in [0.15, 0.2) is 152 Å². The number of rotatable bonds is 6. The topological polar surface area (TPSA) is 264 Å². The van der Waals surface area contributed by atoms with Gasteiger partial charge in [0.25, 0.3) is 5.71 Å². The van der Waals surface area contributed by atoms with E-state index in [1.807, 2.05) is 221 Å². The van der Waals surface area contributed by atoms with Crippen molar-refractivity contribution in [1.29, 1.82) is 0 Å². The summed E-state index contributed by atoms with van der Waals surface area (Å²) in [6.45, 7) is 25.9. The molecule has 0 spiro atoms. The summed E-state index contributed by atoms with van der Waals surface area (Å²) in [5.41, 5.74) is 24.0. The van der Waals surface area contributed by atoms with Crippen LogP contribution in [0, 0.1) is 83.1 Å². The predicted molar refractivity (Wildman–Crippen MR) is 463 cm³/mol. The van der Waals surface area contributed by atoms with Crippen molar-refractivity contribution in [3.05, 3.63) is 246 Å². The Morgan fingerprint density at radius 2 is 0.754 bits per heavy atom. The molecule has 614 valence electrons. The number of imidazole rings is 1. The molecule has 0 N–H and O–H groups in total. The van der Waals surface area contributed by atoms with Crippen molar-refractivity contribution >= 4 is 149 Å². The Labute approximate surface area is 700 Å². The zero-order valence-electron chi connectivity index (χ0n) is 71.3. The van der Waals surface area contributed by atoms with Crippen LogP contribution in [-0.4, -0.2) is 76.0 Å². The summed E-state index contributed by atoms with van der Waals surface area (Å²) in [6, 6.07) is 35.0. The van der Waals surface area contributed by atoms with E-state index in [1.54, 1.807) is 11.3 Å². The molecule has 0 saturated heterocycles. The first-order valence-electron chi connectivity index (χ1n) is 39.9. The normalized spacial score (nSPS) is 12.9. The van der Waals surface area contributed by atoms with E-state index in [2.05, 4.69) is 187 Å². The molecule has 18 heterocycles. The van der Waals surface area contributed by atoms with Crippen LogP contribution in [-0.2, 0) is 42.3 Å². The van der Waals surface area contributed by atoms with E-state index in [1.165, 1.54) is 27.1 Å². The number of hydrogen-bond acceptors (Lipinski definition) is 19. The summed E-state index contributed by atoms with van der Waals surface area (Å²) in [6.07, 6.45) is 24.6. The third kappa shape index (κ3) is 12.9. The van der Waals surface area contributed by atoms with E-state index in [0.29, 0.717) is 52.2 Å². The van der Waals surface area contributed by atoms with Crippen LogP contribution in [0.1, 0.15) is 75.6 Å². The number of oxazole rings is 5. The SMILES string of the molecule is Cc1ccc2c(oc3c2nc(C)n3C)c1-n1ccc[n+]1C.Cc1nc2c(o1)oc1c(-n3ccc[n+]3C)c(C)ccc12.Cc1nc2c(o1)oc1c(N3C=CN(C)[C@@H]3C)c(C)ccc12.Cc1nc2c(o1)oc1cc(-n3ccc[n+]3C)c(C)cc12.Cc1nc2c(o1)sc1c(-n3ccc[n+]3C)c(C)ccc12.Cc1nc2oc3c(-n4ccc[n+]4C)c(C)ccc3c2o1. The molecular formula is C92H90N19O10S+5. The van der Waals surface area contributed by atoms with Crippen molar-refractivity contribution in [2.24, 2.45) is 42.3 Å². The first-order valence-corrected chi connectivity index (χ1v) is 40.7. The minimum atomic E-state index is 0.250. The van der Waals surface area contributed by atoms with Crippen LogP contribution in [0.15, 0.2) is 222 Å². The number of aryl methyl sites for hydroxylation is 18. The van der Waals surface area contributed by atoms with Gasteiger partial charge in [0.2, 0.25) is 16.2 Å². The van der Waals surface area contributed by atoms with Gasteiger partial charge in [-0.05, 0) is 119 Å². The van der Waals surface area contributed by atoms with Crippen molar-refractivity contribution in [3.8, 4) is 28.4 Å². The molecule has 0 fully saturated rings. The lowest BCUT2D eigenvalue weighted by Gasteiger charge is -2.28. The van der Waals surface area contributed by atoms with Crippen LogP contribution in [0.3, 0.4) is 0 Å². The van der Waals surface area contributed by atoms with Gasteiger partial charge < -0.3 is 58.5 Å². The molecule has 6 aromatic carbocycles. The molecule has 24 rings (SSSR count). The average Bonchev–Trinajstić information content (AvgIpc) is 1.61. The first-order chi connectivity index (χ1) is 58.7. The maximum absolute atomic E-state index is 6.16. The molecular weight excluding hydrogens is 1560 g/mol. The number of thiophene rings is 1. The van der Waals surface area contributed by atoms with E-state index in [4.69, 9.17) is 44.2 Å². The highest BCUT2D eigenvalue weighted by Gasteiger charge is 2.30. The largest absolute Gasteiger partial charge is 0.437 e. The lowest BCUT2D eigenvalue weighted by molar-refractivity contribution is -0.744. The van der Waals surface area contributed by atoms with Crippen LogP contribution < -0.4 is 28.3 Å². The molecule has 0 radical (unpaired) electrons. The summed E-state index contributed by atoms with van der Waals surface area (Å²) in [5, 5.41) is 6.14. The zero-order chi connectivity index (χ0) is 84.9. The van der Waals surface area contributed by atoms with E-state index in [-0.39, 0.29) is 6.17 Å². The lowest BCUT2D eigenvalue weighted by atomic mass is 10.1. The number of benzene rings is 6. The van der Waals surface area contributed by atoms with Crippen molar-refractivity contribution in [2.75, 3.05) is 11.9 Å². The Kier molecular flexibility index (Phi) is 18.7. The molecule has 0 aliphatic carbocycles. The van der Waals surface area contributed by atoms with Gasteiger partial charge >= 0.3 is 17.3 Å². The fourth-order valence-electron chi connectivity index (χ4n) is 16.3. The summed E-state index contributed by atoms with van der Waals surface area (Å²) >= 11 is 1.67. The van der Waals surface area contributed by atoms with Crippen molar-refractivity contribution < 1.29 is 67.6 Å². The van der Waals surface area contributed by atoms with Gasteiger partial charge in [-0.25, -0.2) is 24.9 Å². The monoisotopic (exact) mass is 1650 g/mol. The maximum atomic E-state index is 6.16. The number of fused-ring (bicyclic) bond motifs is 18. The van der Waals surface area contributed by atoms with Crippen LogP contribution in [0.5, 0.6) is 0 Å². The maximum Gasteiger partial charge on any atom is 0.319 e. The van der Waals surface area contributed by atoms with E-state index in [9.17, 15) is 0 Å². The third-order valence-electron chi connectivity index (χ3n) is 22.7. The highest BCUT2D eigenvalue weighted by atomic mass is 32.1. The minimum Gasteiger partial charge on any atom is -0.437 e. The van der Waals surface area contributed by atoms with Crippen LogP contribution in [0.2, 0.25) is 0 Å². The van der Waals surface area contributed by atoms with Crippen LogP contribution in [0.25, 0.3) is 160 Å². The number of hydrogen-bond donors (Lipinski definition) is 0. The van der Waals surface area contributed by atoms with E-state index in [0.717, 1.165) is 155 Å². The Bertz CT molecular complexity index is 7690. The van der Waals surface area contributed by atoms with Crippen molar-refractivity contribution in [3.63, 3.8) is 0 Å². The van der Waals surface area contributed by atoms with Gasteiger partial charge in [0, 0.05) is 103 Å². The molecule has 30 heteroatoms. The first kappa shape index (κ1) is 77.1. The fraction of sp³-hybridized carbons (Fsp3) is 0.228. The average molecular weight is 1650 g/mol. The summed E-state index contributed by atoms with van der Waals surface area (Å²) in [7, 11) is 14.1. The number of anilines is 1. The molecule has 1 aliphatic heterocycles. The molecule has 17 aromatic heterocycles. The molecule has 1 atom stereocenters. The number of furan rings is 5. The fourth-order valence-corrected chi connectivity index (χ4v) is 17.5. The number of nitrogens with zero attached hydrogens (tertiary/aromatic N) is 19. The Hall–Kier alpha value is -14.8. The van der Waals surface area contributed by atoms with E-state index < -0.39 is 0 Å². The van der Waals surface area contributed by atoms with E-state index >= 15 is 0 Å². The third-order valence-corrected chi connectivity index (χ3v) is 23.8. The smallest absolute Gasteiger partial charge is 0.319 e. The Morgan fingerprint density at radius 3 is 1.25 bits per heavy atom. The van der Waals surface area contributed by atoms with Gasteiger partial charge in [-0.15, -0.1) is 46.8 Å². The molecule has 0 bridgehead atoms. The highest BCUT2D eigenvalue weighted by molar-refractivity contribution is 7.25. The quantitative estimate of drug-likeness (QED) is 0.140.